The first-order valence-corrected chi connectivity index (χ1v) is 10.4. The molecule has 0 saturated heterocycles. The second-order valence-corrected chi connectivity index (χ2v) is 8.32. The maximum Gasteiger partial charge on any atom is 0.339 e. The molecule has 0 aromatic heterocycles. The zero-order chi connectivity index (χ0) is 18.6. The smallest absolute Gasteiger partial charge is 0.339 e. The minimum atomic E-state index is -3.90. The van der Waals surface area contributed by atoms with E-state index in [0.717, 1.165) is 11.1 Å². The van der Waals surface area contributed by atoms with Crippen LogP contribution in [0.4, 0.5) is 0 Å². The Balaban J connectivity index is 1.79. The molecule has 0 heterocycles. The van der Waals surface area contributed by atoms with Crippen LogP contribution >= 0.6 is 22.6 Å². The van der Waals surface area contributed by atoms with Crippen LogP contribution in [0.3, 0.4) is 0 Å². The molecule has 3 aromatic carbocycles. The summed E-state index contributed by atoms with van der Waals surface area (Å²) in [7, 11) is -3.90. The fourth-order valence-corrected chi connectivity index (χ4v) is 3.99. The number of ether oxygens (including phenoxy) is 1. The zero-order valence-corrected chi connectivity index (χ0v) is 17.0. The van der Waals surface area contributed by atoms with E-state index in [0.29, 0.717) is 15.9 Å². The monoisotopic (exact) mass is 480 g/mol. The van der Waals surface area contributed by atoms with E-state index in [1.807, 2.05) is 59.8 Å². The van der Waals surface area contributed by atoms with E-state index in [-0.39, 0.29) is 10.6 Å². The van der Waals surface area contributed by atoms with Crippen molar-refractivity contribution >= 4 is 32.7 Å². The summed E-state index contributed by atoms with van der Waals surface area (Å²) in [5.41, 5.74) is 2.01. The largest absolute Gasteiger partial charge is 0.488 e. The van der Waals surface area contributed by atoms with Crippen molar-refractivity contribution < 1.29 is 17.3 Å². The highest BCUT2D eigenvalue weighted by Gasteiger charge is 2.19. The molecule has 0 saturated carbocycles. The molecule has 0 spiro atoms. The van der Waals surface area contributed by atoms with Gasteiger partial charge in [0.1, 0.15) is 17.3 Å². The molecule has 0 bridgehead atoms. The van der Waals surface area contributed by atoms with Crippen LogP contribution in [-0.2, 0) is 16.7 Å². The van der Waals surface area contributed by atoms with E-state index in [1.54, 1.807) is 30.3 Å². The molecule has 0 unspecified atom stereocenters. The molecule has 0 aliphatic heterocycles. The Morgan fingerprint density at radius 2 is 1.50 bits per heavy atom. The van der Waals surface area contributed by atoms with Gasteiger partial charge in [-0.2, -0.15) is 8.42 Å². The second kappa shape index (κ2) is 8.09. The van der Waals surface area contributed by atoms with Crippen LogP contribution in [0.1, 0.15) is 11.1 Å². The van der Waals surface area contributed by atoms with Gasteiger partial charge in [-0.3, -0.25) is 0 Å². The molecule has 3 rings (SSSR count). The minimum absolute atomic E-state index is 0.120. The third-order valence-corrected chi connectivity index (χ3v) is 5.99. The van der Waals surface area contributed by atoms with Gasteiger partial charge in [-0.05, 0) is 59.3 Å². The summed E-state index contributed by atoms with van der Waals surface area (Å²) in [6.45, 7) is 2.29. The SMILES string of the molecule is Cc1ccc(S(=O)(=O)Oc2cccc(OCc3ccccc3)c2I)cc1. The maximum absolute atomic E-state index is 12.5. The van der Waals surface area contributed by atoms with Gasteiger partial charge < -0.3 is 8.92 Å². The summed E-state index contributed by atoms with van der Waals surface area (Å²) in [4.78, 5) is 0.120. The Morgan fingerprint density at radius 1 is 0.846 bits per heavy atom. The van der Waals surface area contributed by atoms with Crippen molar-refractivity contribution in [1.29, 1.82) is 0 Å². The van der Waals surface area contributed by atoms with Crippen LogP contribution in [0, 0.1) is 10.5 Å². The molecule has 26 heavy (non-hydrogen) atoms. The van der Waals surface area contributed by atoms with Gasteiger partial charge in [-0.25, -0.2) is 0 Å². The number of aryl methyl sites for hydroxylation is 1. The third-order valence-electron chi connectivity index (χ3n) is 3.67. The van der Waals surface area contributed by atoms with Crippen LogP contribution < -0.4 is 8.92 Å². The van der Waals surface area contributed by atoms with Crippen molar-refractivity contribution in [3.05, 3.63) is 87.5 Å². The summed E-state index contributed by atoms with van der Waals surface area (Å²) in [5, 5.41) is 0. The van der Waals surface area contributed by atoms with Crippen LogP contribution in [0.25, 0.3) is 0 Å². The molecule has 3 aromatic rings. The molecule has 0 aliphatic rings. The van der Waals surface area contributed by atoms with Gasteiger partial charge in [0.15, 0.2) is 5.75 Å². The molecule has 6 heteroatoms. The maximum atomic E-state index is 12.5. The molecule has 0 atom stereocenters. The highest BCUT2D eigenvalue weighted by molar-refractivity contribution is 14.1. The number of benzene rings is 3. The lowest BCUT2D eigenvalue weighted by Gasteiger charge is -2.13. The quantitative estimate of drug-likeness (QED) is 0.370. The van der Waals surface area contributed by atoms with Crippen molar-refractivity contribution in [3.63, 3.8) is 0 Å². The molecule has 0 amide bonds. The first-order valence-electron chi connectivity index (χ1n) is 7.92. The Kier molecular flexibility index (Phi) is 5.83. The lowest BCUT2D eigenvalue weighted by Crippen LogP contribution is -2.11. The van der Waals surface area contributed by atoms with E-state index in [9.17, 15) is 8.42 Å². The third kappa shape index (κ3) is 4.56. The number of halogens is 1. The predicted octanol–water partition coefficient (Wildman–Crippen LogP) is 4.95. The van der Waals surface area contributed by atoms with Gasteiger partial charge >= 0.3 is 10.1 Å². The average Bonchev–Trinajstić information content (AvgIpc) is 2.63. The van der Waals surface area contributed by atoms with Crippen molar-refractivity contribution in [3.8, 4) is 11.5 Å². The molecule has 0 N–H and O–H groups in total. The van der Waals surface area contributed by atoms with Gasteiger partial charge in [0.25, 0.3) is 0 Å². The fraction of sp³-hybridized carbons (Fsp3) is 0.100. The van der Waals surface area contributed by atoms with Gasteiger partial charge in [0.2, 0.25) is 0 Å². The number of hydrogen-bond acceptors (Lipinski definition) is 4. The van der Waals surface area contributed by atoms with E-state index in [4.69, 9.17) is 8.92 Å². The molecular formula is C20H17IO4S. The summed E-state index contributed by atoms with van der Waals surface area (Å²) in [6.07, 6.45) is 0. The van der Waals surface area contributed by atoms with Gasteiger partial charge in [0, 0.05) is 0 Å². The standard InChI is InChI=1S/C20H17IO4S/c1-15-10-12-17(13-11-15)26(22,23)25-19-9-5-8-18(20(19)21)24-14-16-6-3-2-4-7-16/h2-13H,14H2,1H3. The van der Waals surface area contributed by atoms with Gasteiger partial charge in [0.05, 0.1) is 3.57 Å². The predicted molar refractivity (Wildman–Crippen MR) is 109 cm³/mol. The first kappa shape index (κ1) is 18.7. The first-order chi connectivity index (χ1) is 12.5. The fourth-order valence-electron chi connectivity index (χ4n) is 2.27. The molecule has 0 aliphatic carbocycles. The summed E-state index contributed by atoms with van der Waals surface area (Å²) >= 11 is 2.03. The highest BCUT2D eigenvalue weighted by atomic mass is 127. The van der Waals surface area contributed by atoms with Crippen molar-refractivity contribution in [2.24, 2.45) is 0 Å². The molecule has 4 nitrogen and oxygen atoms in total. The van der Waals surface area contributed by atoms with Crippen LogP contribution in [-0.4, -0.2) is 8.42 Å². The van der Waals surface area contributed by atoms with Crippen LogP contribution in [0.2, 0.25) is 0 Å². The van der Waals surface area contributed by atoms with Gasteiger partial charge in [-0.15, -0.1) is 0 Å². The molecular weight excluding hydrogens is 463 g/mol. The lowest BCUT2D eigenvalue weighted by atomic mass is 10.2. The Labute approximate surface area is 167 Å². The topological polar surface area (TPSA) is 52.6 Å². The van der Waals surface area contributed by atoms with Crippen LogP contribution in [0.5, 0.6) is 11.5 Å². The second-order valence-electron chi connectivity index (χ2n) is 5.69. The summed E-state index contributed by atoms with van der Waals surface area (Å²) in [5.74, 6) is 0.822. The minimum Gasteiger partial charge on any atom is -0.488 e. The van der Waals surface area contributed by atoms with E-state index in [2.05, 4.69) is 0 Å². The highest BCUT2D eigenvalue weighted by Crippen LogP contribution is 2.32. The van der Waals surface area contributed by atoms with Gasteiger partial charge in [-0.1, -0.05) is 54.1 Å². The van der Waals surface area contributed by atoms with E-state index < -0.39 is 10.1 Å². The average molecular weight is 480 g/mol. The molecule has 0 fully saturated rings. The Bertz CT molecular complexity index is 984. The van der Waals surface area contributed by atoms with Crippen molar-refractivity contribution in [1.82, 2.24) is 0 Å². The Morgan fingerprint density at radius 3 is 2.19 bits per heavy atom. The Hall–Kier alpha value is -2.06. The summed E-state index contributed by atoms with van der Waals surface area (Å²) < 4.78 is 36.7. The van der Waals surface area contributed by atoms with E-state index >= 15 is 0 Å². The van der Waals surface area contributed by atoms with E-state index in [1.165, 1.54) is 12.1 Å². The van der Waals surface area contributed by atoms with Crippen molar-refractivity contribution in [2.75, 3.05) is 0 Å². The lowest BCUT2D eigenvalue weighted by molar-refractivity contribution is 0.303. The van der Waals surface area contributed by atoms with Crippen LogP contribution in [0.15, 0.2) is 77.7 Å². The van der Waals surface area contributed by atoms with Crippen molar-refractivity contribution in [2.45, 2.75) is 18.4 Å². The summed E-state index contributed by atoms with van der Waals surface area (Å²) in [6, 6.07) is 21.4. The normalized spacial score (nSPS) is 11.2. The number of rotatable bonds is 6. The zero-order valence-electron chi connectivity index (χ0n) is 14.1. The number of hydrogen-bond donors (Lipinski definition) is 0. The molecule has 134 valence electrons. The molecule has 0 radical (unpaired) electrons.